The number of guanidine groups is 1. The van der Waals surface area contributed by atoms with E-state index in [1.54, 1.807) is 0 Å². The fourth-order valence-electron chi connectivity index (χ4n) is 2.48. The standard InChI is InChI=1S/C19H28BrN5S.HI/c1-19(2,26-17-9-7-16(20)8-10-17)14-23-18(21-3)22-11-5-6-15-12-24-25(4)13-15;/h7-10,12-13H,5-6,11,14H2,1-4H3,(H2,21,22,23);1H. The molecule has 1 aromatic carbocycles. The van der Waals surface area contributed by atoms with Crippen LogP contribution in [0.4, 0.5) is 0 Å². The summed E-state index contributed by atoms with van der Waals surface area (Å²) in [6.45, 7) is 6.19. The van der Waals surface area contributed by atoms with E-state index in [0.29, 0.717) is 0 Å². The van der Waals surface area contributed by atoms with E-state index in [1.807, 2.05) is 36.7 Å². The zero-order valence-corrected chi connectivity index (χ0v) is 21.1. The van der Waals surface area contributed by atoms with Crippen molar-refractivity contribution in [2.75, 3.05) is 20.1 Å². The third-order valence-corrected chi connectivity index (χ3v) is 5.54. The second-order valence-electron chi connectivity index (χ2n) is 6.79. The van der Waals surface area contributed by atoms with Crippen LogP contribution in [-0.2, 0) is 13.5 Å². The maximum Gasteiger partial charge on any atom is 0.191 e. The summed E-state index contributed by atoms with van der Waals surface area (Å²) in [5.41, 5.74) is 1.27. The van der Waals surface area contributed by atoms with Gasteiger partial charge in [0, 0.05) is 47.5 Å². The van der Waals surface area contributed by atoms with Crippen molar-refractivity contribution in [3.8, 4) is 0 Å². The van der Waals surface area contributed by atoms with E-state index in [4.69, 9.17) is 0 Å². The molecule has 2 rings (SSSR count). The summed E-state index contributed by atoms with van der Waals surface area (Å²) >= 11 is 5.34. The minimum Gasteiger partial charge on any atom is -0.356 e. The van der Waals surface area contributed by atoms with Crippen LogP contribution in [0, 0.1) is 0 Å². The van der Waals surface area contributed by atoms with Crippen LogP contribution in [0.3, 0.4) is 0 Å². The molecular formula is C19H29BrIN5S. The molecule has 0 radical (unpaired) electrons. The first-order valence-corrected chi connectivity index (χ1v) is 10.4. The smallest absolute Gasteiger partial charge is 0.191 e. The lowest BCUT2D eigenvalue weighted by Gasteiger charge is -2.25. The molecule has 0 amide bonds. The number of benzene rings is 1. The molecule has 0 aliphatic rings. The molecule has 0 aliphatic carbocycles. The third-order valence-electron chi connectivity index (χ3n) is 3.81. The van der Waals surface area contributed by atoms with Crippen LogP contribution in [0.5, 0.6) is 0 Å². The molecule has 0 unspecified atom stereocenters. The molecule has 150 valence electrons. The molecule has 0 fully saturated rings. The quantitative estimate of drug-likeness (QED) is 0.163. The highest BCUT2D eigenvalue weighted by atomic mass is 127. The summed E-state index contributed by atoms with van der Waals surface area (Å²) in [5.74, 6) is 0.848. The number of halogens is 2. The predicted molar refractivity (Wildman–Crippen MR) is 130 cm³/mol. The number of aryl methyl sites for hydroxylation is 2. The lowest BCUT2D eigenvalue weighted by atomic mass is 10.2. The Kier molecular flexibility index (Phi) is 10.8. The van der Waals surface area contributed by atoms with Gasteiger partial charge in [-0.1, -0.05) is 15.9 Å². The Morgan fingerprint density at radius 2 is 1.96 bits per heavy atom. The second-order valence-corrected chi connectivity index (χ2v) is 9.49. The molecule has 0 aliphatic heterocycles. The van der Waals surface area contributed by atoms with Crippen LogP contribution in [-0.4, -0.2) is 40.6 Å². The van der Waals surface area contributed by atoms with E-state index in [9.17, 15) is 0 Å². The molecule has 0 spiro atoms. The number of hydrogen-bond donors (Lipinski definition) is 2. The van der Waals surface area contributed by atoms with Gasteiger partial charge >= 0.3 is 0 Å². The summed E-state index contributed by atoms with van der Waals surface area (Å²) < 4.78 is 3.00. The second kappa shape index (κ2) is 12.0. The average Bonchev–Trinajstić information content (AvgIpc) is 3.01. The van der Waals surface area contributed by atoms with Crippen molar-refractivity contribution in [2.24, 2.45) is 12.0 Å². The highest BCUT2D eigenvalue weighted by Gasteiger charge is 2.20. The zero-order chi connectivity index (χ0) is 19.0. The Morgan fingerprint density at radius 3 is 2.56 bits per heavy atom. The normalized spacial score (nSPS) is 11.8. The molecule has 2 aromatic rings. The number of thioether (sulfide) groups is 1. The number of nitrogens with one attached hydrogen (secondary N) is 2. The van der Waals surface area contributed by atoms with E-state index in [0.717, 1.165) is 36.4 Å². The van der Waals surface area contributed by atoms with Crippen molar-refractivity contribution in [2.45, 2.75) is 36.3 Å². The fraction of sp³-hybridized carbons (Fsp3) is 0.474. The molecule has 27 heavy (non-hydrogen) atoms. The highest BCUT2D eigenvalue weighted by molar-refractivity contribution is 14.0. The van der Waals surface area contributed by atoms with Crippen LogP contribution in [0.1, 0.15) is 25.8 Å². The van der Waals surface area contributed by atoms with E-state index in [-0.39, 0.29) is 28.7 Å². The molecule has 8 heteroatoms. The fourth-order valence-corrected chi connectivity index (χ4v) is 3.79. The van der Waals surface area contributed by atoms with Gasteiger partial charge in [0.2, 0.25) is 0 Å². The highest BCUT2D eigenvalue weighted by Crippen LogP contribution is 2.32. The van der Waals surface area contributed by atoms with Gasteiger partial charge < -0.3 is 10.6 Å². The van der Waals surface area contributed by atoms with Crippen molar-refractivity contribution >= 4 is 57.6 Å². The SMILES string of the molecule is CN=C(NCCCc1cnn(C)c1)NCC(C)(C)Sc1ccc(Br)cc1.I. The largest absolute Gasteiger partial charge is 0.356 e. The van der Waals surface area contributed by atoms with E-state index < -0.39 is 0 Å². The van der Waals surface area contributed by atoms with E-state index in [1.165, 1.54) is 10.5 Å². The Morgan fingerprint density at radius 1 is 1.26 bits per heavy atom. The number of aliphatic imine (C=N–C) groups is 1. The first-order chi connectivity index (χ1) is 12.4. The maximum atomic E-state index is 4.32. The summed E-state index contributed by atoms with van der Waals surface area (Å²) in [7, 11) is 3.76. The topological polar surface area (TPSA) is 54.2 Å². The van der Waals surface area contributed by atoms with Gasteiger partial charge in [0.25, 0.3) is 0 Å². The van der Waals surface area contributed by atoms with Gasteiger partial charge in [-0.3, -0.25) is 9.67 Å². The Labute approximate surface area is 192 Å². The van der Waals surface area contributed by atoms with E-state index >= 15 is 0 Å². The Hall–Kier alpha value is -0.740. The van der Waals surface area contributed by atoms with Crippen LogP contribution in [0.15, 0.2) is 51.0 Å². The number of rotatable bonds is 8. The number of nitrogens with zero attached hydrogens (tertiary/aromatic N) is 3. The molecule has 1 heterocycles. The summed E-state index contributed by atoms with van der Waals surface area (Å²) in [6.07, 6.45) is 6.05. The summed E-state index contributed by atoms with van der Waals surface area (Å²) in [6, 6.07) is 8.44. The van der Waals surface area contributed by atoms with Gasteiger partial charge in [0.05, 0.1) is 6.20 Å². The number of hydrogen-bond acceptors (Lipinski definition) is 3. The predicted octanol–water partition coefficient (Wildman–Crippen LogP) is 4.47. The van der Waals surface area contributed by atoms with Crippen molar-refractivity contribution in [3.05, 3.63) is 46.7 Å². The van der Waals surface area contributed by atoms with Crippen LogP contribution < -0.4 is 10.6 Å². The van der Waals surface area contributed by atoms with Gasteiger partial charge in [-0.2, -0.15) is 5.10 Å². The van der Waals surface area contributed by atoms with Gasteiger partial charge in [0.1, 0.15) is 0 Å². The molecule has 1 aromatic heterocycles. The summed E-state index contributed by atoms with van der Waals surface area (Å²) in [5, 5.41) is 11.0. The van der Waals surface area contributed by atoms with Crippen molar-refractivity contribution in [1.29, 1.82) is 0 Å². The molecule has 2 N–H and O–H groups in total. The Balaban J connectivity index is 0.00000364. The molecule has 0 atom stereocenters. The van der Waals surface area contributed by atoms with Gasteiger partial charge in [-0.15, -0.1) is 35.7 Å². The lowest BCUT2D eigenvalue weighted by Crippen LogP contribution is -2.43. The first kappa shape index (κ1) is 24.3. The van der Waals surface area contributed by atoms with Crippen molar-refractivity contribution in [1.82, 2.24) is 20.4 Å². The lowest BCUT2D eigenvalue weighted by molar-refractivity contribution is 0.658. The maximum absolute atomic E-state index is 4.32. The first-order valence-electron chi connectivity index (χ1n) is 8.74. The molecule has 0 saturated carbocycles. The van der Waals surface area contributed by atoms with E-state index in [2.05, 4.69) is 81.0 Å². The van der Waals surface area contributed by atoms with Crippen LogP contribution in [0.25, 0.3) is 0 Å². The molecular weight excluding hydrogens is 537 g/mol. The third kappa shape index (κ3) is 9.34. The van der Waals surface area contributed by atoms with Crippen molar-refractivity contribution in [3.63, 3.8) is 0 Å². The average molecular weight is 566 g/mol. The van der Waals surface area contributed by atoms with Crippen LogP contribution >= 0.6 is 51.7 Å². The minimum absolute atomic E-state index is 0. The van der Waals surface area contributed by atoms with Gasteiger partial charge in [0.15, 0.2) is 5.96 Å². The monoisotopic (exact) mass is 565 g/mol. The van der Waals surface area contributed by atoms with Gasteiger partial charge in [-0.05, 0) is 56.5 Å². The summed E-state index contributed by atoms with van der Waals surface area (Å²) in [4.78, 5) is 5.58. The minimum atomic E-state index is 0. The van der Waals surface area contributed by atoms with Gasteiger partial charge in [-0.25, -0.2) is 0 Å². The molecule has 0 bridgehead atoms. The Bertz CT molecular complexity index is 715. The molecule has 0 saturated heterocycles. The van der Waals surface area contributed by atoms with Crippen molar-refractivity contribution < 1.29 is 0 Å². The number of aromatic nitrogens is 2. The zero-order valence-electron chi connectivity index (χ0n) is 16.3. The molecule has 5 nitrogen and oxygen atoms in total. The van der Waals surface area contributed by atoms with Crippen LogP contribution in [0.2, 0.25) is 0 Å².